The van der Waals surface area contributed by atoms with E-state index in [0.29, 0.717) is 26.9 Å². The number of carbonyl (C=O) groups is 1. The van der Waals surface area contributed by atoms with Crippen LogP contribution in [-0.2, 0) is 0 Å². The Balaban J connectivity index is 1.95. The first kappa shape index (κ1) is 13.8. The van der Waals surface area contributed by atoms with Gasteiger partial charge in [-0.3, -0.25) is 4.79 Å². The number of para-hydroxylation sites is 1. The van der Waals surface area contributed by atoms with Gasteiger partial charge >= 0.3 is 0 Å². The highest BCUT2D eigenvalue weighted by molar-refractivity contribution is 9.10. The molecule has 1 N–H and O–H groups in total. The van der Waals surface area contributed by atoms with Crippen LogP contribution in [-0.4, -0.2) is 5.91 Å². The number of carbonyl (C=O) groups excluding carboxylic acids is 1. The maximum Gasteiger partial charge on any atom is 0.259 e. The SMILES string of the molecule is Cc1cc(F)c(Br)cc1NC(=O)c1coc2ccccc12. The normalized spacial score (nSPS) is 10.8. The smallest absolute Gasteiger partial charge is 0.259 e. The van der Waals surface area contributed by atoms with E-state index in [1.54, 1.807) is 19.1 Å². The second-order valence-corrected chi connectivity index (χ2v) is 5.54. The predicted octanol–water partition coefficient (Wildman–Crippen LogP) is 4.90. The van der Waals surface area contributed by atoms with Gasteiger partial charge in [-0.25, -0.2) is 4.39 Å². The number of hydrogen-bond donors (Lipinski definition) is 1. The minimum atomic E-state index is -0.362. The fourth-order valence-electron chi connectivity index (χ4n) is 2.12. The molecule has 0 saturated carbocycles. The molecule has 1 heterocycles. The molecule has 0 spiro atoms. The number of benzene rings is 2. The van der Waals surface area contributed by atoms with E-state index < -0.39 is 0 Å². The fourth-order valence-corrected chi connectivity index (χ4v) is 2.47. The summed E-state index contributed by atoms with van der Waals surface area (Å²) in [6, 6.07) is 10.2. The van der Waals surface area contributed by atoms with Crippen LogP contribution in [0.3, 0.4) is 0 Å². The number of amides is 1. The number of aryl methyl sites for hydroxylation is 1. The van der Waals surface area contributed by atoms with Gasteiger partial charge in [0.25, 0.3) is 5.91 Å². The Morgan fingerprint density at radius 1 is 1.29 bits per heavy atom. The Morgan fingerprint density at radius 3 is 2.86 bits per heavy atom. The van der Waals surface area contributed by atoms with Crippen LogP contribution in [0.1, 0.15) is 15.9 Å². The first-order valence-electron chi connectivity index (χ1n) is 6.29. The zero-order valence-corrected chi connectivity index (χ0v) is 12.7. The van der Waals surface area contributed by atoms with Crippen molar-refractivity contribution in [2.75, 3.05) is 5.32 Å². The number of halogens is 2. The minimum Gasteiger partial charge on any atom is -0.463 e. The van der Waals surface area contributed by atoms with E-state index in [9.17, 15) is 9.18 Å². The highest BCUT2D eigenvalue weighted by Gasteiger charge is 2.15. The first-order valence-corrected chi connectivity index (χ1v) is 7.09. The monoisotopic (exact) mass is 347 g/mol. The van der Waals surface area contributed by atoms with E-state index >= 15 is 0 Å². The molecule has 2 aromatic carbocycles. The summed E-state index contributed by atoms with van der Waals surface area (Å²) in [4.78, 5) is 12.4. The summed E-state index contributed by atoms with van der Waals surface area (Å²) < 4.78 is 19.1. The lowest BCUT2D eigenvalue weighted by Gasteiger charge is -2.09. The second-order valence-electron chi connectivity index (χ2n) is 4.68. The molecule has 1 amide bonds. The van der Waals surface area contributed by atoms with Crippen molar-refractivity contribution in [2.45, 2.75) is 6.92 Å². The Kier molecular flexibility index (Phi) is 3.51. The highest BCUT2D eigenvalue weighted by Crippen LogP contribution is 2.26. The lowest BCUT2D eigenvalue weighted by molar-refractivity contribution is 0.102. The molecular weight excluding hydrogens is 337 g/mol. The maximum atomic E-state index is 13.4. The Morgan fingerprint density at radius 2 is 2.05 bits per heavy atom. The summed E-state index contributed by atoms with van der Waals surface area (Å²) in [7, 11) is 0. The van der Waals surface area contributed by atoms with Crippen LogP contribution in [0.5, 0.6) is 0 Å². The zero-order chi connectivity index (χ0) is 15.0. The molecule has 0 aliphatic carbocycles. The topological polar surface area (TPSA) is 42.2 Å². The van der Waals surface area contributed by atoms with E-state index in [2.05, 4.69) is 21.2 Å². The van der Waals surface area contributed by atoms with Crippen molar-refractivity contribution in [3.05, 3.63) is 64.1 Å². The van der Waals surface area contributed by atoms with E-state index in [1.807, 2.05) is 18.2 Å². The van der Waals surface area contributed by atoms with Crippen LogP contribution < -0.4 is 5.32 Å². The Hall–Kier alpha value is -2.14. The third-order valence-corrected chi connectivity index (χ3v) is 3.85. The molecule has 3 rings (SSSR count). The minimum absolute atomic E-state index is 0.290. The summed E-state index contributed by atoms with van der Waals surface area (Å²) >= 11 is 3.11. The van der Waals surface area contributed by atoms with Crippen LogP contribution in [0.25, 0.3) is 11.0 Å². The quantitative estimate of drug-likeness (QED) is 0.716. The summed E-state index contributed by atoms with van der Waals surface area (Å²) in [5.74, 6) is -0.652. The van der Waals surface area contributed by atoms with E-state index in [-0.39, 0.29) is 11.7 Å². The molecule has 5 heteroatoms. The molecule has 1 aromatic heterocycles. The Bertz CT molecular complexity index is 841. The number of furan rings is 1. The molecule has 3 nitrogen and oxygen atoms in total. The van der Waals surface area contributed by atoms with Gasteiger partial charge in [-0.1, -0.05) is 18.2 Å². The number of anilines is 1. The molecule has 3 aromatic rings. The summed E-state index contributed by atoms with van der Waals surface area (Å²) in [5, 5.41) is 3.52. The van der Waals surface area contributed by atoms with Crippen molar-refractivity contribution in [1.29, 1.82) is 0 Å². The van der Waals surface area contributed by atoms with Crippen molar-refractivity contribution < 1.29 is 13.6 Å². The van der Waals surface area contributed by atoms with Crippen LogP contribution in [0.2, 0.25) is 0 Å². The van der Waals surface area contributed by atoms with Crippen molar-refractivity contribution in [1.82, 2.24) is 0 Å². The van der Waals surface area contributed by atoms with Gasteiger partial charge in [-0.05, 0) is 46.6 Å². The van der Waals surface area contributed by atoms with Crippen LogP contribution >= 0.6 is 15.9 Å². The highest BCUT2D eigenvalue weighted by atomic mass is 79.9. The van der Waals surface area contributed by atoms with Crippen molar-refractivity contribution >= 4 is 38.5 Å². The van der Waals surface area contributed by atoms with Gasteiger partial charge in [0.15, 0.2) is 0 Å². The number of fused-ring (bicyclic) bond motifs is 1. The van der Waals surface area contributed by atoms with E-state index in [1.165, 1.54) is 12.3 Å². The molecule has 0 fully saturated rings. The van der Waals surface area contributed by atoms with E-state index in [0.717, 1.165) is 5.39 Å². The van der Waals surface area contributed by atoms with Gasteiger partial charge in [-0.2, -0.15) is 0 Å². The van der Waals surface area contributed by atoms with Crippen LogP contribution in [0.4, 0.5) is 10.1 Å². The number of nitrogens with one attached hydrogen (secondary N) is 1. The van der Waals surface area contributed by atoms with Gasteiger partial charge < -0.3 is 9.73 Å². The average Bonchev–Trinajstić information content (AvgIpc) is 2.88. The fraction of sp³-hybridized carbons (Fsp3) is 0.0625. The second kappa shape index (κ2) is 5.33. The summed E-state index contributed by atoms with van der Waals surface area (Å²) in [6.45, 7) is 1.73. The van der Waals surface area contributed by atoms with Gasteiger partial charge in [0, 0.05) is 11.1 Å². The molecule has 0 aliphatic rings. The summed E-state index contributed by atoms with van der Waals surface area (Å²) in [6.07, 6.45) is 1.42. The number of hydrogen-bond acceptors (Lipinski definition) is 2. The van der Waals surface area contributed by atoms with Crippen LogP contribution in [0, 0.1) is 12.7 Å². The molecule has 0 unspecified atom stereocenters. The molecule has 0 saturated heterocycles. The van der Waals surface area contributed by atoms with Crippen molar-refractivity contribution in [3.63, 3.8) is 0 Å². The average molecular weight is 348 g/mol. The predicted molar refractivity (Wildman–Crippen MR) is 83.0 cm³/mol. The molecule has 21 heavy (non-hydrogen) atoms. The molecule has 0 bridgehead atoms. The van der Waals surface area contributed by atoms with Gasteiger partial charge in [-0.15, -0.1) is 0 Å². The first-order chi connectivity index (χ1) is 10.1. The van der Waals surface area contributed by atoms with Crippen LogP contribution in [0.15, 0.2) is 51.6 Å². The maximum absolute atomic E-state index is 13.4. The molecule has 106 valence electrons. The molecular formula is C16H11BrFNO2. The van der Waals surface area contributed by atoms with Gasteiger partial charge in [0.05, 0.1) is 10.0 Å². The molecule has 0 aliphatic heterocycles. The largest absolute Gasteiger partial charge is 0.463 e. The Labute approximate surface area is 128 Å². The lowest BCUT2D eigenvalue weighted by Crippen LogP contribution is -2.12. The molecule has 0 radical (unpaired) electrons. The third kappa shape index (κ3) is 2.56. The van der Waals surface area contributed by atoms with Crippen molar-refractivity contribution in [2.24, 2.45) is 0 Å². The van der Waals surface area contributed by atoms with E-state index in [4.69, 9.17) is 4.42 Å². The van der Waals surface area contributed by atoms with Gasteiger partial charge in [0.2, 0.25) is 0 Å². The summed E-state index contributed by atoms with van der Waals surface area (Å²) in [5.41, 5.74) is 2.31. The van der Waals surface area contributed by atoms with Crippen molar-refractivity contribution in [3.8, 4) is 0 Å². The number of rotatable bonds is 2. The lowest BCUT2D eigenvalue weighted by atomic mass is 10.1. The molecule has 0 atom stereocenters. The third-order valence-electron chi connectivity index (χ3n) is 3.24. The van der Waals surface area contributed by atoms with Gasteiger partial charge in [0.1, 0.15) is 17.7 Å². The standard InChI is InChI=1S/C16H11BrFNO2/c1-9-6-13(18)12(17)7-14(9)19-16(20)11-8-21-15-5-3-2-4-10(11)15/h2-8H,1H3,(H,19,20). The zero-order valence-electron chi connectivity index (χ0n) is 11.1.